The zero-order chi connectivity index (χ0) is 14.7. The Bertz CT molecular complexity index is 311. The summed E-state index contributed by atoms with van der Waals surface area (Å²) in [5, 5.41) is 3.60. The predicted molar refractivity (Wildman–Crippen MR) is 86.6 cm³/mol. The second-order valence-corrected chi connectivity index (χ2v) is 7.64. The van der Waals surface area contributed by atoms with Crippen LogP contribution in [0.15, 0.2) is 0 Å². The number of piperazine rings is 1. The fourth-order valence-electron chi connectivity index (χ4n) is 3.61. The summed E-state index contributed by atoms with van der Waals surface area (Å²) < 4.78 is 6.22. The van der Waals surface area contributed by atoms with Crippen LogP contribution in [-0.2, 0) is 4.74 Å². The second-order valence-electron chi connectivity index (χ2n) is 7.64. The van der Waals surface area contributed by atoms with Gasteiger partial charge in [0.2, 0.25) is 0 Å². The molecule has 3 aliphatic rings. The van der Waals surface area contributed by atoms with E-state index < -0.39 is 0 Å². The fourth-order valence-corrected chi connectivity index (χ4v) is 3.61. The molecule has 3 fully saturated rings. The van der Waals surface area contributed by atoms with Crippen molar-refractivity contribution in [3.63, 3.8) is 0 Å². The highest BCUT2D eigenvalue weighted by Crippen LogP contribution is 2.23. The summed E-state index contributed by atoms with van der Waals surface area (Å²) >= 11 is 0. The normalized spacial score (nSPS) is 32.1. The van der Waals surface area contributed by atoms with Gasteiger partial charge in [0.05, 0.1) is 12.2 Å². The van der Waals surface area contributed by atoms with Gasteiger partial charge >= 0.3 is 0 Å². The average molecular weight is 295 g/mol. The molecule has 21 heavy (non-hydrogen) atoms. The van der Waals surface area contributed by atoms with E-state index in [-0.39, 0.29) is 0 Å². The Balaban J connectivity index is 1.30. The monoisotopic (exact) mass is 295 g/mol. The van der Waals surface area contributed by atoms with Gasteiger partial charge in [0.15, 0.2) is 0 Å². The fraction of sp³-hybridized carbons (Fsp3) is 1.00. The molecule has 2 saturated heterocycles. The molecule has 4 nitrogen and oxygen atoms in total. The summed E-state index contributed by atoms with van der Waals surface area (Å²) in [7, 11) is 0. The van der Waals surface area contributed by atoms with E-state index in [2.05, 4.69) is 29.0 Å². The van der Waals surface area contributed by atoms with Crippen molar-refractivity contribution in [3.05, 3.63) is 0 Å². The topological polar surface area (TPSA) is 27.7 Å². The van der Waals surface area contributed by atoms with Crippen molar-refractivity contribution < 1.29 is 4.74 Å². The first-order chi connectivity index (χ1) is 10.2. The Morgan fingerprint density at radius 1 is 0.952 bits per heavy atom. The van der Waals surface area contributed by atoms with Crippen LogP contribution in [0.3, 0.4) is 0 Å². The molecule has 3 rings (SSSR count). The Morgan fingerprint density at radius 3 is 2.29 bits per heavy atom. The van der Waals surface area contributed by atoms with E-state index in [1.165, 1.54) is 58.4 Å². The molecular formula is C17H33N3O. The number of hydrogen-bond donors (Lipinski definition) is 1. The lowest BCUT2D eigenvalue weighted by atomic mass is 10.1. The third-order valence-corrected chi connectivity index (χ3v) is 4.96. The Kier molecular flexibility index (Phi) is 5.54. The first kappa shape index (κ1) is 15.7. The van der Waals surface area contributed by atoms with Crippen molar-refractivity contribution in [2.45, 2.75) is 57.8 Å². The standard InChI is InChI=1S/C17H33N3O/c1-14(2)12-19-7-9-20(10-8-19)13-17-6-5-16(21-17)11-18-15-3-4-15/h14-18H,3-13H2,1-2H3. The number of rotatable bonds is 7. The van der Waals surface area contributed by atoms with Crippen molar-refractivity contribution in [1.29, 1.82) is 0 Å². The molecule has 0 amide bonds. The molecule has 0 bridgehead atoms. The van der Waals surface area contributed by atoms with Gasteiger partial charge < -0.3 is 15.0 Å². The number of nitrogens with zero attached hydrogens (tertiary/aromatic N) is 2. The summed E-state index contributed by atoms with van der Waals surface area (Å²) in [5.74, 6) is 0.787. The molecule has 0 aromatic carbocycles. The van der Waals surface area contributed by atoms with E-state index in [0.717, 1.165) is 25.0 Å². The van der Waals surface area contributed by atoms with Crippen molar-refractivity contribution in [2.75, 3.05) is 45.8 Å². The molecule has 2 aliphatic heterocycles. The minimum Gasteiger partial charge on any atom is -0.372 e. The maximum Gasteiger partial charge on any atom is 0.0707 e. The van der Waals surface area contributed by atoms with Crippen molar-refractivity contribution in [2.24, 2.45) is 5.92 Å². The minimum atomic E-state index is 0.470. The number of hydrogen-bond acceptors (Lipinski definition) is 4. The van der Waals surface area contributed by atoms with Gasteiger partial charge in [-0.25, -0.2) is 0 Å². The molecule has 1 N–H and O–H groups in total. The maximum absolute atomic E-state index is 6.22. The molecule has 2 unspecified atom stereocenters. The lowest BCUT2D eigenvalue weighted by Gasteiger charge is -2.36. The van der Waals surface area contributed by atoms with Crippen LogP contribution in [-0.4, -0.2) is 73.9 Å². The number of nitrogens with one attached hydrogen (secondary N) is 1. The van der Waals surface area contributed by atoms with Crippen LogP contribution in [0.5, 0.6) is 0 Å². The van der Waals surface area contributed by atoms with Gasteiger partial charge in [-0.1, -0.05) is 13.8 Å². The average Bonchev–Trinajstić information content (AvgIpc) is 3.18. The van der Waals surface area contributed by atoms with Gasteiger partial charge in [-0.05, 0) is 31.6 Å². The van der Waals surface area contributed by atoms with E-state index in [1.54, 1.807) is 0 Å². The summed E-state index contributed by atoms with van der Waals surface area (Å²) in [6, 6.07) is 0.807. The summed E-state index contributed by atoms with van der Waals surface area (Å²) in [6.45, 7) is 13.0. The van der Waals surface area contributed by atoms with Gasteiger partial charge in [0.1, 0.15) is 0 Å². The van der Waals surface area contributed by atoms with Gasteiger partial charge in [-0.15, -0.1) is 0 Å². The highest BCUT2D eigenvalue weighted by Gasteiger charge is 2.29. The van der Waals surface area contributed by atoms with Crippen molar-refractivity contribution >= 4 is 0 Å². The molecule has 122 valence electrons. The first-order valence-electron chi connectivity index (χ1n) is 9.02. The summed E-state index contributed by atoms with van der Waals surface area (Å²) in [4.78, 5) is 5.22. The molecule has 1 saturated carbocycles. The van der Waals surface area contributed by atoms with Gasteiger partial charge in [-0.2, -0.15) is 0 Å². The molecule has 4 heteroatoms. The zero-order valence-electron chi connectivity index (χ0n) is 13.9. The lowest BCUT2D eigenvalue weighted by molar-refractivity contribution is 0.0117. The van der Waals surface area contributed by atoms with Crippen LogP contribution in [0.2, 0.25) is 0 Å². The van der Waals surface area contributed by atoms with Gasteiger partial charge in [-0.3, -0.25) is 4.90 Å². The third-order valence-electron chi connectivity index (χ3n) is 4.96. The molecule has 0 radical (unpaired) electrons. The van der Waals surface area contributed by atoms with E-state index in [4.69, 9.17) is 4.74 Å². The Hall–Kier alpha value is -0.160. The largest absolute Gasteiger partial charge is 0.372 e. The molecule has 1 aliphatic carbocycles. The molecule has 0 aromatic heterocycles. The van der Waals surface area contributed by atoms with Crippen LogP contribution in [0, 0.1) is 5.92 Å². The van der Waals surface area contributed by atoms with Crippen LogP contribution in [0.1, 0.15) is 39.5 Å². The highest BCUT2D eigenvalue weighted by molar-refractivity contribution is 4.85. The van der Waals surface area contributed by atoms with E-state index in [1.807, 2.05) is 0 Å². The highest BCUT2D eigenvalue weighted by atomic mass is 16.5. The predicted octanol–water partition coefficient (Wildman–Crippen LogP) is 1.56. The van der Waals surface area contributed by atoms with E-state index in [0.29, 0.717) is 12.2 Å². The van der Waals surface area contributed by atoms with Crippen LogP contribution in [0.25, 0.3) is 0 Å². The van der Waals surface area contributed by atoms with Crippen molar-refractivity contribution in [3.8, 4) is 0 Å². The molecule has 2 atom stereocenters. The van der Waals surface area contributed by atoms with Crippen LogP contribution in [0.4, 0.5) is 0 Å². The quantitative estimate of drug-likeness (QED) is 0.771. The van der Waals surface area contributed by atoms with Crippen LogP contribution < -0.4 is 5.32 Å². The van der Waals surface area contributed by atoms with Gasteiger partial charge in [0.25, 0.3) is 0 Å². The zero-order valence-corrected chi connectivity index (χ0v) is 13.9. The SMILES string of the molecule is CC(C)CN1CCN(CC2CCC(CNC3CC3)O2)CC1. The lowest BCUT2D eigenvalue weighted by Crippen LogP contribution is -2.49. The van der Waals surface area contributed by atoms with Crippen LogP contribution >= 0.6 is 0 Å². The summed E-state index contributed by atoms with van der Waals surface area (Å²) in [6.07, 6.45) is 6.19. The smallest absolute Gasteiger partial charge is 0.0707 e. The Morgan fingerprint density at radius 2 is 1.62 bits per heavy atom. The van der Waals surface area contributed by atoms with Gasteiger partial charge in [0, 0.05) is 51.9 Å². The second kappa shape index (κ2) is 7.40. The first-order valence-corrected chi connectivity index (χ1v) is 9.02. The maximum atomic E-state index is 6.22. The summed E-state index contributed by atoms with van der Waals surface area (Å²) in [5.41, 5.74) is 0. The minimum absolute atomic E-state index is 0.470. The molecule has 0 spiro atoms. The van der Waals surface area contributed by atoms with E-state index >= 15 is 0 Å². The number of ether oxygens (including phenoxy) is 1. The molecule has 2 heterocycles. The van der Waals surface area contributed by atoms with E-state index in [9.17, 15) is 0 Å². The van der Waals surface area contributed by atoms with Crippen molar-refractivity contribution in [1.82, 2.24) is 15.1 Å². The molecular weight excluding hydrogens is 262 g/mol. The third kappa shape index (κ3) is 5.20. The molecule has 0 aromatic rings. The Labute approximate surface area is 130 Å².